The van der Waals surface area contributed by atoms with E-state index in [1.165, 1.54) is 40.9 Å². The van der Waals surface area contributed by atoms with Crippen LogP contribution in [0.25, 0.3) is 0 Å². The second kappa shape index (κ2) is 9.89. The highest BCUT2D eigenvalue weighted by Gasteiger charge is 2.38. The van der Waals surface area contributed by atoms with Crippen LogP contribution in [0.1, 0.15) is 22.0 Å². The Morgan fingerprint density at radius 2 is 1.53 bits per heavy atom. The number of nitrogens with zero attached hydrogens (tertiary/aromatic N) is 2. The molecule has 34 heavy (non-hydrogen) atoms. The van der Waals surface area contributed by atoms with Gasteiger partial charge < -0.3 is 5.32 Å². The quantitative estimate of drug-likeness (QED) is 0.227. The molecule has 0 fully saturated rings. The molecule has 1 aliphatic heterocycles. The van der Waals surface area contributed by atoms with E-state index in [4.69, 9.17) is 23.2 Å². The molecule has 0 radical (unpaired) electrons. The van der Waals surface area contributed by atoms with Crippen molar-refractivity contribution < 1.29 is 14.5 Å². The van der Waals surface area contributed by atoms with E-state index in [1.807, 2.05) is 0 Å². The largest absolute Gasteiger partial charge is 0.327 e. The van der Waals surface area contributed by atoms with Crippen molar-refractivity contribution in [3.05, 3.63) is 115 Å². The first-order valence-corrected chi connectivity index (χ1v) is 12.0. The zero-order chi connectivity index (χ0) is 24.4. The minimum Gasteiger partial charge on any atom is -0.326 e. The first-order valence-electron chi connectivity index (χ1n) is 9.99. The minimum atomic E-state index is -0.817. The molecule has 3 aromatic carbocycles. The molecule has 1 N–H and O–H groups in total. The highest BCUT2D eigenvalue weighted by atomic mass is 35.5. The molecule has 10 heteroatoms. The highest BCUT2D eigenvalue weighted by molar-refractivity contribution is 8.02. The number of hydrogen-bond donors (Lipinski definition) is 1. The summed E-state index contributed by atoms with van der Waals surface area (Å²) in [5.74, 6) is -0.302. The van der Waals surface area contributed by atoms with Crippen molar-refractivity contribution >= 4 is 58.2 Å². The van der Waals surface area contributed by atoms with Gasteiger partial charge in [0, 0.05) is 27.7 Å². The van der Waals surface area contributed by atoms with Crippen LogP contribution >= 0.6 is 35.0 Å². The molecular formula is C24H17Cl2N3O4S. The average molecular weight is 514 g/mol. The van der Waals surface area contributed by atoms with Crippen LogP contribution in [0.3, 0.4) is 0 Å². The number of thioether (sulfide) groups is 1. The van der Waals surface area contributed by atoms with Gasteiger partial charge in [-0.25, -0.2) is 4.79 Å². The first-order chi connectivity index (χ1) is 16.3. The number of carbonyl (C=O) groups excluding carboxylic acids is 2. The number of benzene rings is 3. The predicted octanol–water partition coefficient (Wildman–Crippen LogP) is 6.63. The molecule has 7 nitrogen and oxygen atoms in total. The third-order valence-corrected chi connectivity index (χ3v) is 6.55. The first kappa shape index (κ1) is 23.8. The SMILES string of the molecule is CSC1=C(C(=O)c2ccc(Cl)cc2)[C@@H](c2ccc([N+](=O)[O-])cc2)NC(=O)N1c1ccc(Cl)cc1. The fraction of sp³-hybridized carbons (Fsp3) is 0.0833. The highest BCUT2D eigenvalue weighted by Crippen LogP contribution is 2.40. The van der Waals surface area contributed by atoms with Crippen LogP contribution in [0.15, 0.2) is 83.4 Å². The number of carbonyl (C=O) groups is 2. The Bertz CT molecular complexity index is 1290. The van der Waals surface area contributed by atoms with E-state index in [9.17, 15) is 19.7 Å². The Labute approximate surface area is 209 Å². The third-order valence-electron chi connectivity index (χ3n) is 5.26. The van der Waals surface area contributed by atoms with Crippen molar-refractivity contribution in [2.24, 2.45) is 0 Å². The monoisotopic (exact) mass is 513 g/mol. The molecule has 0 spiro atoms. The molecule has 1 heterocycles. The molecule has 0 saturated carbocycles. The maximum atomic E-state index is 13.8. The number of hydrogen-bond acceptors (Lipinski definition) is 5. The van der Waals surface area contributed by atoms with E-state index in [0.717, 1.165) is 0 Å². The molecule has 1 atom stereocenters. The number of amides is 2. The second-order valence-electron chi connectivity index (χ2n) is 7.30. The number of non-ortho nitro benzene ring substituents is 1. The summed E-state index contributed by atoms with van der Waals surface area (Å²) in [6, 6.07) is 17.7. The van der Waals surface area contributed by atoms with Crippen LogP contribution in [-0.4, -0.2) is 23.0 Å². The van der Waals surface area contributed by atoms with Crippen molar-refractivity contribution in [3.8, 4) is 0 Å². The lowest BCUT2D eigenvalue weighted by Crippen LogP contribution is -2.48. The van der Waals surface area contributed by atoms with E-state index >= 15 is 0 Å². The summed E-state index contributed by atoms with van der Waals surface area (Å²) in [5, 5.41) is 15.4. The zero-order valence-corrected chi connectivity index (χ0v) is 20.0. The molecule has 0 aliphatic carbocycles. The van der Waals surface area contributed by atoms with Gasteiger partial charge in [0.1, 0.15) is 0 Å². The van der Waals surface area contributed by atoms with Gasteiger partial charge in [0.05, 0.1) is 27.3 Å². The maximum Gasteiger partial charge on any atom is 0.327 e. The standard InChI is InChI=1S/C24H17Cl2N3O4S/c1-34-23-20(22(30)15-2-6-16(25)7-3-15)21(14-4-10-19(11-5-14)29(32)33)27-24(31)28(23)18-12-8-17(26)9-13-18/h2-13,21H,1H3,(H,27,31)/t21-/m1/s1. The third kappa shape index (κ3) is 4.65. The summed E-state index contributed by atoms with van der Waals surface area (Å²) in [7, 11) is 0. The predicted molar refractivity (Wildman–Crippen MR) is 135 cm³/mol. The van der Waals surface area contributed by atoms with Crippen molar-refractivity contribution in [3.63, 3.8) is 0 Å². The Morgan fingerprint density at radius 3 is 2.06 bits per heavy atom. The summed E-state index contributed by atoms with van der Waals surface area (Å²) in [6.07, 6.45) is 1.78. The summed E-state index contributed by atoms with van der Waals surface area (Å²) < 4.78 is 0. The second-order valence-corrected chi connectivity index (χ2v) is 8.97. The molecular weight excluding hydrogens is 497 g/mol. The summed E-state index contributed by atoms with van der Waals surface area (Å²) in [4.78, 5) is 39.0. The Kier molecular flexibility index (Phi) is 6.92. The van der Waals surface area contributed by atoms with Crippen molar-refractivity contribution in [2.45, 2.75) is 6.04 Å². The summed E-state index contributed by atoms with van der Waals surface area (Å²) in [6.45, 7) is 0. The van der Waals surface area contributed by atoms with E-state index in [-0.39, 0.29) is 11.5 Å². The molecule has 1 aliphatic rings. The Hall–Kier alpha value is -3.33. The lowest BCUT2D eigenvalue weighted by Gasteiger charge is -2.36. The fourth-order valence-electron chi connectivity index (χ4n) is 3.65. The number of halogens is 2. The summed E-state index contributed by atoms with van der Waals surface area (Å²) >= 11 is 13.3. The van der Waals surface area contributed by atoms with Crippen LogP contribution < -0.4 is 10.2 Å². The normalized spacial score (nSPS) is 15.8. The van der Waals surface area contributed by atoms with Gasteiger partial charge in [-0.3, -0.25) is 19.8 Å². The average Bonchev–Trinajstić information content (AvgIpc) is 2.84. The number of Topliss-reactive ketones (excluding diaryl/α,β-unsaturated/α-hetero) is 1. The van der Waals surface area contributed by atoms with Gasteiger partial charge in [-0.1, -0.05) is 23.2 Å². The van der Waals surface area contributed by atoms with Gasteiger partial charge >= 0.3 is 6.03 Å². The van der Waals surface area contributed by atoms with Crippen molar-refractivity contribution in [1.82, 2.24) is 5.32 Å². The molecule has 4 rings (SSSR count). The number of nitrogens with one attached hydrogen (secondary N) is 1. The number of ketones is 1. The molecule has 172 valence electrons. The van der Waals surface area contributed by atoms with Crippen molar-refractivity contribution in [1.29, 1.82) is 0 Å². The molecule has 2 amide bonds. The van der Waals surface area contributed by atoms with Crippen LogP contribution in [0.5, 0.6) is 0 Å². The Balaban J connectivity index is 1.90. The van der Waals surface area contributed by atoms with Gasteiger partial charge in [0.15, 0.2) is 5.78 Å². The fourth-order valence-corrected chi connectivity index (χ4v) is 4.70. The van der Waals surface area contributed by atoms with Crippen LogP contribution in [0, 0.1) is 10.1 Å². The minimum absolute atomic E-state index is 0.0895. The lowest BCUT2D eigenvalue weighted by atomic mass is 9.91. The van der Waals surface area contributed by atoms with E-state index in [0.29, 0.717) is 37.5 Å². The van der Waals surface area contributed by atoms with Gasteiger partial charge in [0.25, 0.3) is 5.69 Å². The van der Waals surface area contributed by atoms with Gasteiger partial charge in [-0.2, -0.15) is 0 Å². The molecule has 0 aromatic heterocycles. The number of anilines is 1. The van der Waals surface area contributed by atoms with E-state index < -0.39 is 17.0 Å². The van der Waals surface area contributed by atoms with Gasteiger partial charge in [0.2, 0.25) is 0 Å². The van der Waals surface area contributed by atoms with Crippen LogP contribution in [-0.2, 0) is 0 Å². The van der Waals surface area contributed by atoms with Gasteiger partial charge in [-0.15, -0.1) is 11.8 Å². The molecule has 3 aromatic rings. The van der Waals surface area contributed by atoms with Crippen molar-refractivity contribution in [2.75, 3.05) is 11.2 Å². The number of nitro benzene ring substituents is 1. The lowest BCUT2D eigenvalue weighted by molar-refractivity contribution is -0.384. The Morgan fingerprint density at radius 1 is 0.971 bits per heavy atom. The van der Waals surface area contributed by atoms with E-state index in [1.54, 1.807) is 54.8 Å². The van der Waals surface area contributed by atoms with Gasteiger partial charge in [-0.05, 0) is 72.5 Å². The maximum absolute atomic E-state index is 13.8. The smallest absolute Gasteiger partial charge is 0.326 e. The molecule has 0 bridgehead atoms. The van der Waals surface area contributed by atoms with Crippen LogP contribution in [0.4, 0.5) is 16.2 Å². The number of nitro groups is 1. The topological polar surface area (TPSA) is 92.5 Å². The van der Waals surface area contributed by atoms with E-state index in [2.05, 4.69) is 5.32 Å². The molecule has 0 saturated heterocycles. The van der Waals surface area contributed by atoms with Crippen LogP contribution in [0.2, 0.25) is 10.0 Å². The number of urea groups is 1. The number of rotatable bonds is 6. The molecule has 0 unspecified atom stereocenters. The zero-order valence-electron chi connectivity index (χ0n) is 17.7. The summed E-state index contributed by atoms with van der Waals surface area (Å²) in [5.41, 5.74) is 1.71.